The molecule has 2 aromatic heterocycles. The van der Waals surface area contributed by atoms with Crippen LogP contribution in [0.4, 0.5) is 0 Å². The highest BCUT2D eigenvalue weighted by Gasteiger charge is 2.14. The van der Waals surface area contributed by atoms with Crippen LogP contribution < -0.4 is 10.2 Å². The van der Waals surface area contributed by atoms with Crippen molar-refractivity contribution < 1.29 is 4.74 Å². The molecule has 2 aromatic carbocycles. The Morgan fingerprint density at radius 2 is 1.92 bits per heavy atom. The number of ether oxygens (including phenoxy) is 1. The zero-order chi connectivity index (χ0) is 16.7. The highest BCUT2D eigenvalue weighted by molar-refractivity contribution is 6.04. The van der Waals surface area contributed by atoms with E-state index in [1.54, 1.807) is 11.7 Å². The van der Waals surface area contributed by atoms with Crippen LogP contribution in [-0.2, 0) is 0 Å². The number of aromatic nitrogens is 3. The first-order valence-electron chi connectivity index (χ1n) is 7.35. The van der Waals surface area contributed by atoms with Crippen molar-refractivity contribution in [3.8, 4) is 17.5 Å². The lowest BCUT2D eigenvalue weighted by atomic mass is 10.2. The van der Waals surface area contributed by atoms with Crippen molar-refractivity contribution in [2.75, 3.05) is 7.11 Å². The molecule has 0 saturated heterocycles. The summed E-state index contributed by atoms with van der Waals surface area (Å²) < 4.78 is 6.88. The molecule has 24 heavy (non-hydrogen) atoms. The zero-order valence-corrected chi connectivity index (χ0v) is 12.9. The van der Waals surface area contributed by atoms with Crippen LogP contribution in [0, 0.1) is 16.7 Å². The molecule has 4 aromatic rings. The number of hydrogen-bond acceptors (Lipinski definition) is 4. The summed E-state index contributed by atoms with van der Waals surface area (Å²) in [6.07, 6.45) is 0. The smallest absolute Gasteiger partial charge is 0.184 e. The molecule has 0 unspecified atom stereocenters. The van der Waals surface area contributed by atoms with Gasteiger partial charge in [-0.05, 0) is 30.3 Å². The lowest BCUT2D eigenvalue weighted by Crippen LogP contribution is -2.23. The number of fused-ring (bicyclic) bond motifs is 3. The third-order valence-corrected chi connectivity index (χ3v) is 3.99. The number of nitrogens with one attached hydrogen (secondary N) is 2. The molecule has 0 aliphatic heterocycles. The van der Waals surface area contributed by atoms with Gasteiger partial charge in [-0.3, -0.25) is 9.98 Å². The zero-order valence-electron chi connectivity index (χ0n) is 12.9. The average molecular weight is 315 g/mol. The molecule has 6 heteroatoms. The summed E-state index contributed by atoms with van der Waals surface area (Å²) in [5.74, 6) is 0.730. The van der Waals surface area contributed by atoms with E-state index in [9.17, 15) is 5.26 Å². The van der Waals surface area contributed by atoms with Crippen molar-refractivity contribution in [3.63, 3.8) is 0 Å². The lowest BCUT2D eigenvalue weighted by molar-refractivity contribution is 0.414. The van der Waals surface area contributed by atoms with E-state index in [0.717, 1.165) is 22.3 Å². The summed E-state index contributed by atoms with van der Waals surface area (Å²) in [4.78, 5) is 7.68. The summed E-state index contributed by atoms with van der Waals surface area (Å²) in [7, 11) is 1.61. The summed E-state index contributed by atoms with van der Waals surface area (Å²) in [6, 6.07) is 17.1. The summed E-state index contributed by atoms with van der Waals surface area (Å²) >= 11 is 0. The minimum atomic E-state index is 0.0433. The number of hydrogen-bond donors (Lipinski definition) is 2. The molecule has 0 saturated carbocycles. The monoisotopic (exact) mass is 315 g/mol. The average Bonchev–Trinajstić information content (AvgIpc) is 2.99. The van der Waals surface area contributed by atoms with E-state index in [1.807, 2.05) is 54.6 Å². The van der Waals surface area contributed by atoms with Crippen LogP contribution in [-0.4, -0.2) is 21.6 Å². The van der Waals surface area contributed by atoms with Crippen molar-refractivity contribution in [1.29, 1.82) is 10.7 Å². The number of methoxy groups -OCH3 is 1. The molecule has 0 radical (unpaired) electrons. The molecule has 116 valence electrons. The van der Waals surface area contributed by atoms with Crippen LogP contribution in [0.1, 0.15) is 5.69 Å². The highest BCUT2D eigenvalue weighted by atomic mass is 16.5. The fourth-order valence-electron chi connectivity index (χ4n) is 2.84. The van der Waals surface area contributed by atoms with Crippen LogP contribution in [0.3, 0.4) is 0 Å². The third kappa shape index (κ3) is 1.96. The van der Waals surface area contributed by atoms with Gasteiger partial charge in [-0.2, -0.15) is 5.26 Å². The predicted octanol–water partition coefficient (Wildman–Crippen LogP) is 2.87. The van der Waals surface area contributed by atoms with Crippen LogP contribution in [0.5, 0.6) is 5.75 Å². The van der Waals surface area contributed by atoms with Gasteiger partial charge in [-0.25, -0.2) is 4.98 Å². The first-order chi connectivity index (χ1) is 11.7. The molecule has 0 spiro atoms. The van der Waals surface area contributed by atoms with Gasteiger partial charge in [0.05, 0.1) is 7.11 Å². The van der Waals surface area contributed by atoms with Gasteiger partial charge in [0.25, 0.3) is 0 Å². The van der Waals surface area contributed by atoms with E-state index >= 15 is 0 Å². The Kier molecular flexibility index (Phi) is 3.07. The van der Waals surface area contributed by atoms with Gasteiger partial charge in [-0.15, -0.1) is 0 Å². The molecule has 0 fully saturated rings. The van der Waals surface area contributed by atoms with E-state index in [2.05, 4.69) is 9.97 Å². The van der Waals surface area contributed by atoms with Crippen molar-refractivity contribution >= 4 is 22.1 Å². The number of nitrogens with zero attached hydrogens (tertiary/aromatic N) is 3. The summed E-state index contributed by atoms with van der Waals surface area (Å²) in [5.41, 5.74) is 3.16. The van der Waals surface area contributed by atoms with Crippen molar-refractivity contribution in [2.24, 2.45) is 0 Å². The van der Waals surface area contributed by atoms with Crippen LogP contribution in [0.25, 0.3) is 27.8 Å². The molecule has 4 rings (SSSR count). The number of para-hydroxylation sites is 1. The van der Waals surface area contributed by atoms with E-state index in [0.29, 0.717) is 11.2 Å². The summed E-state index contributed by atoms with van der Waals surface area (Å²) in [5, 5.41) is 18.7. The first-order valence-corrected chi connectivity index (χ1v) is 7.35. The van der Waals surface area contributed by atoms with Crippen LogP contribution in [0.15, 0.2) is 48.5 Å². The predicted molar refractivity (Wildman–Crippen MR) is 90.0 cm³/mol. The lowest BCUT2D eigenvalue weighted by Gasteiger charge is -2.10. The molecular weight excluding hydrogens is 302 g/mol. The molecule has 2 heterocycles. The van der Waals surface area contributed by atoms with Gasteiger partial charge < -0.3 is 9.72 Å². The first kappa shape index (κ1) is 14.0. The molecule has 6 nitrogen and oxygen atoms in total. The second kappa shape index (κ2) is 5.25. The molecule has 0 atom stereocenters. The van der Waals surface area contributed by atoms with Gasteiger partial charge in [-0.1, -0.05) is 18.2 Å². The topological polar surface area (TPSA) is 90.5 Å². The molecular formula is C18H13N5O. The number of aromatic amines is 1. The van der Waals surface area contributed by atoms with Crippen LogP contribution >= 0.6 is 0 Å². The van der Waals surface area contributed by atoms with Gasteiger partial charge in [0.1, 0.15) is 23.0 Å². The van der Waals surface area contributed by atoms with Gasteiger partial charge in [0.2, 0.25) is 0 Å². The number of H-pyrrole nitrogens is 1. The largest absolute Gasteiger partial charge is 0.497 e. The van der Waals surface area contributed by atoms with Gasteiger partial charge in [0, 0.05) is 16.6 Å². The Morgan fingerprint density at radius 1 is 1.17 bits per heavy atom. The number of benzene rings is 2. The van der Waals surface area contributed by atoms with Crippen LogP contribution in [0.2, 0.25) is 0 Å². The maximum Gasteiger partial charge on any atom is 0.184 e. The van der Waals surface area contributed by atoms with E-state index in [-0.39, 0.29) is 11.2 Å². The van der Waals surface area contributed by atoms with Gasteiger partial charge >= 0.3 is 0 Å². The molecule has 0 amide bonds. The SMILES string of the molecule is COc1ccc(-n2c(=N)c(C#N)nc3c4ccccc4[nH]c32)cc1. The Hall–Kier alpha value is -3.59. The maximum absolute atomic E-state index is 9.36. The second-order valence-electron chi connectivity index (χ2n) is 5.32. The fraction of sp³-hybridized carbons (Fsp3) is 0.0556. The Balaban J connectivity index is 2.14. The standard InChI is InChI=1S/C18H13N5O/c1-24-12-8-6-11(7-9-12)23-17(20)15(10-19)21-16-13-4-2-3-5-14(13)22-18(16)23/h2-9,20,22H,1H3. The van der Waals surface area contributed by atoms with E-state index < -0.39 is 0 Å². The maximum atomic E-state index is 9.36. The normalized spacial score (nSPS) is 10.8. The third-order valence-electron chi connectivity index (χ3n) is 3.99. The minimum Gasteiger partial charge on any atom is -0.497 e. The Labute approximate surface area is 137 Å². The number of nitriles is 1. The molecule has 0 aliphatic rings. The molecule has 0 bridgehead atoms. The van der Waals surface area contributed by atoms with Crippen molar-refractivity contribution in [2.45, 2.75) is 0 Å². The summed E-state index contributed by atoms with van der Waals surface area (Å²) in [6.45, 7) is 0. The fourth-order valence-corrected chi connectivity index (χ4v) is 2.84. The highest BCUT2D eigenvalue weighted by Crippen LogP contribution is 2.25. The second-order valence-corrected chi connectivity index (χ2v) is 5.32. The Bertz CT molecular complexity index is 1160. The van der Waals surface area contributed by atoms with E-state index in [1.165, 1.54) is 0 Å². The quantitative estimate of drug-likeness (QED) is 0.596. The van der Waals surface area contributed by atoms with Crippen molar-refractivity contribution in [1.82, 2.24) is 14.5 Å². The van der Waals surface area contributed by atoms with Crippen molar-refractivity contribution in [3.05, 3.63) is 59.7 Å². The number of rotatable bonds is 2. The van der Waals surface area contributed by atoms with Gasteiger partial charge in [0.15, 0.2) is 11.2 Å². The molecule has 0 aliphatic carbocycles. The Morgan fingerprint density at radius 3 is 2.62 bits per heavy atom. The van der Waals surface area contributed by atoms with E-state index in [4.69, 9.17) is 10.1 Å². The molecule has 2 N–H and O–H groups in total. The minimum absolute atomic E-state index is 0.0433.